The standard InChI is InChI=1S/C17H18N4/c1-10(2)11-6-8-12(9-7-11)13-4-3-5-14-15(13)21-17(19)16(18)20-14/h3-10H,1-2H3,(H2,18,20)(H2,19,21). The number of fused-ring (bicyclic) bond motifs is 1. The van der Waals surface area contributed by atoms with E-state index in [-0.39, 0.29) is 11.6 Å². The molecule has 0 aliphatic heterocycles. The molecule has 4 heteroatoms. The van der Waals surface area contributed by atoms with Crippen molar-refractivity contribution in [2.24, 2.45) is 0 Å². The Balaban J connectivity index is 2.18. The molecule has 0 atom stereocenters. The van der Waals surface area contributed by atoms with Crippen LogP contribution in [-0.4, -0.2) is 9.97 Å². The van der Waals surface area contributed by atoms with E-state index in [2.05, 4.69) is 48.1 Å². The van der Waals surface area contributed by atoms with Gasteiger partial charge in [-0.2, -0.15) is 0 Å². The summed E-state index contributed by atoms with van der Waals surface area (Å²) in [5.74, 6) is 1.06. The van der Waals surface area contributed by atoms with Gasteiger partial charge in [-0.05, 0) is 23.1 Å². The number of para-hydroxylation sites is 1. The monoisotopic (exact) mass is 278 g/mol. The molecule has 1 aromatic heterocycles. The highest BCUT2D eigenvalue weighted by molar-refractivity contribution is 5.93. The number of aromatic nitrogens is 2. The number of hydrogen-bond donors (Lipinski definition) is 2. The maximum absolute atomic E-state index is 5.80. The van der Waals surface area contributed by atoms with Gasteiger partial charge in [0, 0.05) is 5.56 Å². The van der Waals surface area contributed by atoms with Crippen molar-refractivity contribution in [3.63, 3.8) is 0 Å². The van der Waals surface area contributed by atoms with Gasteiger partial charge in [0.05, 0.1) is 11.0 Å². The van der Waals surface area contributed by atoms with Crippen LogP contribution in [0.1, 0.15) is 25.3 Å². The first-order chi connectivity index (χ1) is 10.1. The van der Waals surface area contributed by atoms with E-state index in [0.29, 0.717) is 5.92 Å². The molecule has 0 radical (unpaired) electrons. The van der Waals surface area contributed by atoms with Crippen LogP contribution in [0.25, 0.3) is 22.2 Å². The Morgan fingerprint density at radius 1 is 0.857 bits per heavy atom. The number of nitrogen functional groups attached to an aromatic ring is 2. The molecule has 4 N–H and O–H groups in total. The maximum atomic E-state index is 5.80. The minimum absolute atomic E-state index is 0.272. The van der Waals surface area contributed by atoms with Gasteiger partial charge in [-0.3, -0.25) is 0 Å². The van der Waals surface area contributed by atoms with Crippen molar-refractivity contribution in [1.82, 2.24) is 9.97 Å². The van der Waals surface area contributed by atoms with E-state index in [0.717, 1.165) is 22.2 Å². The van der Waals surface area contributed by atoms with Crippen molar-refractivity contribution in [1.29, 1.82) is 0 Å². The third-order valence-corrected chi connectivity index (χ3v) is 3.64. The molecule has 2 aromatic carbocycles. The van der Waals surface area contributed by atoms with Gasteiger partial charge in [0.15, 0.2) is 11.6 Å². The highest BCUT2D eigenvalue weighted by atomic mass is 15.0. The Kier molecular flexibility index (Phi) is 3.22. The molecule has 0 spiro atoms. The van der Waals surface area contributed by atoms with Crippen molar-refractivity contribution >= 4 is 22.7 Å². The molecule has 0 amide bonds. The highest BCUT2D eigenvalue weighted by Gasteiger charge is 2.09. The van der Waals surface area contributed by atoms with Crippen LogP contribution in [-0.2, 0) is 0 Å². The Morgan fingerprint density at radius 2 is 1.52 bits per heavy atom. The first-order valence-corrected chi connectivity index (χ1v) is 6.98. The van der Waals surface area contributed by atoms with Crippen molar-refractivity contribution in [2.75, 3.05) is 11.5 Å². The van der Waals surface area contributed by atoms with E-state index >= 15 is 0 Å². The Hall–Kier alpha value is -2.62. The summed E-state index contributed by atoms with van der Waals surface area (Å²) >= 11 is 0. The van der Waals surface area contributed by atoms with Crippen LogP contribution in [0.5, 0.6) is 0 Å². The lowest BCUT2D eigenvalue weighted by Gasteiger charge is -2.10. The molecule has 0 fully saturated rings. The zero-order valence-electron chi connectivity index (χ0n) is 12.2. The normalized spacial score (nSPS) is 11.2. The fraction of sp³-hybridized carbons (Fsp3) is 0.176. The fourth-order valence-corrected chi connectivity index (χ4v) is 2.38. The Morgan fingerprint density at radius 3 is 2.19 bits per heavy atom. The summed E-state index contributed by atoms with van der Waals surface area (Å²) < 4.78 is 0. The lowest BCUT2D eigenvalue weighted by Crippen LogP contribution is -2.02. The molecule has 0 aliphatic carbocycles. The first kappa shape index (κ1) is 13.4. The van der Waals surface area contributed by atoms with Crippen LogP contribution in [0.15, 0.2) is 42.5 Å². The molecule has 0 bridgehead atoms. The van der Waals surface area contributed by atoms with Gasteiger partial charge in [0.25, 0.3) is 0 Å². The average Bonchev–Trinajstić information content (AvgIpc) is 2.48. The number of nitrogens with two attached hydrogens (primary N) is 2. The average molecular weight is 278 g/mol. The second-order valence-corrected chi connectivity index (χ2v) is 5.44. The van der Waals surface area contributed by atoms with Gasteiger partial charge in [0.2, 0.25) is 0 Å². The van der Waals surface area contributed by atoms with Crippen molar-refractivity contribution < 1.29 is 0 Å². The van der Waals surface area contributed by atoms with Gasteiger partial charge < -0.3 is 11.5 Å². The molecule has 3 aromatic rings. The summed E-state index contributed by atoms with van der Waals surface area (Å²) in [4.78, 5) is 8.70. The summed E-state index contributed by atoms with van der Waals surface area (Å²) in [5, 5.41) is 0. The Bertz CT molecular complexity index is 792. The van der Waals surface area contributed by atoms with E-state index in [9.17, 15) is 0 Å². The van der Waals surface area contributed by atoms with Crippen LogP contribution >= 0.6 is 0 Å². The van der Waals surface area contributed by atoms with Crippen molar-refractivity contribution in [3.05, 3.63) is 48.0 Å². The lowest BCUT2D eigenvalue weighted by atomic mass is 9.98. The summed E-state index contributed by atoms with van der Waals surface area (Å²) in [5.41, 5.74) is 16.5. The predicted octanol–water partition coefficient (Wildman–Crippen LogP) is 3.58. The van der Waals surface area contributed by atoms with Gasteiger partial charge in [-0.1, -0.05) is 50.2 Å². The molecule has 0 saturated carbocycles. The maximum Gasteiger partial charge on any atom is 0.166 e. The van der Waals surface area contributed by atoms with E-state index in [1.807, 2.05) is 18.2 Å². The van der Waals surface area contributed by atoms with Gasteiger partial charge in [0.1, 0.15) is 0 Å². The minimum Gasteiger partial charge on any atom is -0.381 e. The fourth-order valence-electron chi connectivity index (χ4n) is 2.38. The molecule has 0 unspecified atom stereocenters. The van der Waals surface area contributed by atoms with Crippen LogP contribution in [0.4, 0.5) is 11.6 Å². The largest absolute Gasteiger partial charge is 0.381 e. The van der Waals surface area contributed by atoms with Crippen molar-refractivity contribution in [2.45, 2.75) is 19.8 Å². The number of hydrogen-bond acceptors (Lipinski definition) is 4. The molecule has 21 heavy (non-hydrogen) atoms. The zero-order chi connectivity index (χ0) is 15.0. The molecule has 106 valence electrons. The number of rotatable bonds is 2. The zero-order valence-corrected chi connectivity index (χ0v) is 12.2. The van der Waals surface area contributed by atoms with E-state index in [1.54, 1.807) is 0 Å². The number of nitrogens with zero attached hydrogens (tertiary/aromatic N) is 2. The summed E-state index contributed by atoms with van der Waals surface area (Å²) in [7, 11) is 0. The summed E-state index contributed by atoms with van der Waals surface area (Å²) in [6.45, 7) is 4.36. The van der Waals surface area contributed by atoms with Crippen LogP contribution in [0.2, 0.25) is 0 Å². The van der Waals surface area contributed by atoms with E-state index in [4.69, 9.17) is 11.5 Å². The highest BCUT2D eigenvalue weighted by Crippen LogP contribution is 2.29. The smallest absolute Gasteiger partial charge is 0.166 e. The third kappa shape index (κ3) is 2.40. The van der Waals surface area contributed by atoms with Gasteiger partial charge in [-0.25, -0.2) is 9.97 Å². The van der Waals surface area contributed by atoms with Crippen molar-refractivity contribution in [3.8, 4) is 11.1 Å². The molecule has 3 rings (SSSR count). The predicted molar refractivity (Wildman–Crippen MR) is 87.9 cm³/mol. The van der Waals surface area contributed by atoms with Gasteiger partial charge in [-0.15, -0.1) is 0 Å². The summed E-state index contributed by atoms with van der Waals surface area (Å²) in [6.07, 6.45) is 0. The van der Waals surface area contributed by atoms with E-state index in [1.165, 1.54) is 5.56 Å². The molecular weight excluding hydrogens is 260 g/mol. The van der Waals surface area contributed by atoms with Crippen LogP contribution in [0.3, 0.4) is 0 Å². The minimum atomic E-state index is 0.272. The second kappa shape index (κ2) is 5.05. The summed E-state index contributed by atoms with van der Waals surface area (Å²) in [6, 6.07) is 14.4. The number of benzene rings is 2. The first-order valence-electron chi connectivity index (χ1n) is 6.98. The molecular formula is C17H18N4. The van der Waals surface area contributed by atoms with Crippen LogP contribution in [0, 0.1) is 0 Å². The lowest BCUT2D eigenvalue weighted by molar-refractivity contribution is 0.867. The Labute approximate surface area is 123 Å². The quantitative estimate of drug-likeness (QED) is 0.751. The SMILES string of the molecule is CC(C)c1ccc(-c2cccc3nc(N)c(N)nc23)cc1. The molecule has 0 saturated heterocycles. The molecule has 4 nitrogen and oxygen atoms in total. The van der Waals surface area contributed by atoms with Gasteiger partial charge >= 0.3 is 0 Å². The third-order valence-electron chi connectivity index (χ3n) is 3.64. The second-order valence-electron chi connectivity index (χ2n) is 5.44. The van der Waals surface area contributed by atoms with E-state index < -0.39 is 0 Å². The topological polar surface area (TPSA) is 77.8 Å². The number of anilines is 2. The molecule has 0 aliphatic rings. The molecule has 1 heterocycles. The van der Waals surface area contributed by atoms with Crippen LogP contribution < -0.4 is 11.5 Å².